The molecular weight excluding hydrogens is 441 g/mol. The summed E-state index contributed by atoms with van der Waals surface area (Å²) in [4.78, 5) is 4.21. The average molecular weight is 464 g/mol. The van der Waals surface area contributed by atoms with Crippen molar-refractivity contribution in [2.45, 2.75) is 19.9 Å². The van der Waals surface area contributed by atoms with Crippen molar-refractivity contribution in [3.63, 3.8) is 0 Å². The van der Waals surface area contributed by atoms with Crippen LogP contribution in [0.3, 0.4) is 0 Å². The number of halogens is 2. The molecule has 132 valence electrons. The van der Waals surface area contributed by atoms with Crippen molar-refractivity contribution in [3.05, 3.63) is 52.9 Å². The van der Waals surface area contributed by atoms with Gasteiger partial charge in [-0.1, -0.05) is 17.7 Å². The first-order valence-electron chi connectivity index (χ1n) is 7.61. The van der Waals surface area contributed by atoms with Gasteiger partial charge in [-0.25, -0.2) is 0 Å². The van der Waals surface area contributed by atoms with E-state index in [0.717, 1.165) is 36.0 Å². The molecule has 0 bridgehead atoms. The van der Waals surface area contributed by atoms with Crippen LogP contribution in [-0.2, 0) is 13.0 Å². The highest BCUT2D eigenvalue weighted by Gasteiger charge is 2.06. The van der Waals surface area contributed by atoms with Gasteiger partial charge in [0.1, 0.15) is 11.5 Å². The molecule has 24 heavy (non-hydrogen) atoms. The molecule has 2 aromatic rings. The highest BCUT2D eigenvalue weighted by Crippen LogP contribution is 2.23. The quantitative estimate of drug-likeness (QED) is 0.372. The molecule has 0 saturated heterocycles. The summed E-state index contributed by atoms with van der Waals surface area (Å²) in [5.41, 5.74) is 1.03. The lowest BCUT2D eigenvalue weighted by molar-refractivity contribution is 0.336. The largest absolute Gasteiger partial charge is 0.493 e. The van der Waals surface area contributed by atoms with Gasteiger partial charge in [-0.15, -0.1) is 24.0 Å². The van der Waals surface area contributed by atoms with Crippen LogP contribution in [0.1, 0.15) is 18.2 Å². The molecule has 0 aliphatic rings. The third-order valence-corrected chi connectivity index (χ3v) is 3.48. The molecule has 0 unspecified atom stereocenters. The van der Waals surface area contributed by atoms with Crippen molar-refractivity contribution < 1.29 is 9.15 Å². The second-order valence-corrected chi connectivity index (χ2v) is 5.30. The van der Waals surface area contributed by atoms with E-state index in [1.807, 2.05) is 37.3 Å². The molecule has 0 aliphatic carbocycles. The number of nitrogens with zero attached hydrogens (tertiary/aromatic N) is 1. The van der Waals surface area contributed by atoms with Gasteiger partial charge in [0.05, 0.1) is 12.9 Å². The lowest BCUT2D eigenvalue weighted by atomic mass is 10.2. The first-order valence-corrected chi connectivity index (χ1v) is 7.99. The van der Waals surface area contributed by atoms with Crippen molar-refractivity contribution in [2.24, 2.45) is 4.99 Å². The van der Waals surface area contributed by atoms with E-state index in [9.17, 15) is 0 Å². The van der Waals surface area contributed by atoms with Gasteiger partial charge in [0, 0.05) is 37.1 Å². The van der Waals surface area contributed by atoms with Gasteiger partial charge in [0.25, 0.3) is 0 Å². The molecule has 0 atom stereocenters. The summed E-state index contributed by atoms with van der Waals surface area (Å²) >= 11 is 6.01. The molecule has 1 heterocycles. The minimum atomic E-state index is 0. The topological polar surface area (TPSA) is 58.8 Å². The fourth-order valence-corrected chi connectivity index (χ4v) is 2.28. The smallest absolute Gasteiger partial charge is 0.191 e. The van der Waals surface area contributed by atoms with E-state index in [0.29, 0.717) is 18.2 Å². The monoisotopic (exact) mass is 463 g/mol. The van der Waals surface area contributed by atoms with Crippen LogP contribution in [0, 0.1) is 0 Å². The van der Waals surface area contributed by atoms with Crippen molar-refractivity contribution in [2.75, 3.05) is 20.2 Å². The maximum absolute atomic E-state index is 6.01. The summed E-state index contributed by atoms with van der Waals surface area (Å²) in [7, 11) is 1.74. The Bertz CT molecular complexity index is 633. The average Bonchev–Trinajstić information content (AvgIpc) is 3.06. The first-order chi connectivity index (χ1) is 11.2. The molecule has 0 spiro atoms. The van der Waals surface area contributed by atoms with Crippen LogP contribution in [0.4, 0.5) is 0 Å². The number of guanidine groups is 1. The summed E-state index contributed by atoms with van der Waals surface area (Å²) in [6, 6.07) is 9.48. The third kappa shape index (κ3) is 6.60. The van der Waals surface area contributed by atoms with Crippen LogP contribution in [-0.4, -0.2) is 26.2 Å². The predicted octanol–water partition coefficient (Wildman–Crippen LogP) is 3.86. The van der Waals surface area contributed by atoms with Crippen LogP contribution in [0.5, 0.6) is 5.75 Å². The van der Waals surface area contributed by atoms with Gasteiger partial charge in [-0.2, -0.15) is 0 Å². The number of benzene rings is 1. The zero-order chi connectivity index (χ0) is 16.5. The molecule has 2 rings (SSSR count). The highest BCUT2D eigenvalue weighted by molar-refractivity contribution is 14.0. The van der Waals surface area contributed by atoms with E-state index >= 15 is 0 Å². The standard InChI is InChI=1S/C17H22ClN3O2.HI/c1-3-22-16-11-14(18)7-6-13(16)12-21-17(19-2)20-9-8-15-5-4-10-23-15;/h4-7,10-11H,3,8-9,12H2,1-2H3,(H2,19,20,21);1H. The van der Waals surface area contributed by atoms with Gasteiger partial charge in [-0.3, -0.25) is 4.99 Å². The maximum atomic E-state index is 6.01. The van der Waals surface area contributed by atoms with Crippen LogP contribution in [0.15, 0.2) is 46.0 Å². The summed E-state index contributed by atoms with van der Waals surface area (Å²) < 4.78 is 10.9. The van der Waals surface area contributed by atoms with Crippen LogP contribution >= 0.6 is 35.6 Å². The van der Waals surface area contributed by atoms with Gasteiger partial charge >= 0.3 is 0 Å². The highest BCUT2D eigenvalue weighted by atomic mass is 127. The number of rotatable bonds is 7. The molecule has 0 amide bonds. The number of hydrogen-bond donors (Lipinski definition) is 2. The van der Waals surface area contributed by atoms with Gasteiger partial charge < -0.3 is 19.8 Å². The Morgan fingerprint density at radius 2 is 2.12 bits per heavy atom. The zero-order valence-electron chi connectivity index (χ0n) is 13.8. The maximum Gasteiger partial charge on any atom is 0.191 e. The van der Waals surface area contributed by atoms with E-state index in [1.54, 1.807) is 13.3 Å². The van der Waals surface area contributed by atoms with Crippen LogP contribution < -0.4 is 15.4 Å². The SMILES string of the molecule is CCOc1cc(Cl)ccc1CNC(=NC)NCCc1ccco1.I. The predicted molar refractivity (Wildman–Crippen MR) is 109 cm³/mol. The molecule has 0 aliphatic heterocycles. The van der Waals surface area contributed by atoms with E-state index < -0.39 is 0 Å². The minimum Gasteiger partial charge on any atom is -0.493 e. The van der Waals surface area contributed by atoms with E-state index in [4.69, 9.17) is 20.8 Å². The lowest BCUT2D eigenvalue weighted by Crippen LogP contribution is -2.37. The Morgan fingerprint density at radius 1 is 1.29 bits per heavy atom. The van der Waals surface area contributed by atoms with Gasteiger partial charge in [-0.05, 0) is 31.2 Å². The minimum absolute atomic E-state index is 0. The second kappa shape index (κ2) is 11.2. The van der Waals surface area contributed by atoms with Crippen molar-refractivity contribution in [1.29, 1.82) is 0 Å². The molecule has 0 fully saturated rings. The van der Waals surface area contributed by atoms with Crippen LogP contribution in [0.2, 0.25) is 5.02 Å². The van der Waals surface area contributed by atoms with Gasteiger partial charge in [0.2, 0.25) is 0 Å². The van der Waals surface area contributed by atoms with Crippen molar-refractivity contribution in [3.8, 4) is 5.75 Å². The summed E-state index contributed by atoms with van der Waals surface area (Å²) in [6.45, 7) is 3.90. The second-order valence-electron chi connectivity index (χ2n) is 4.87. The Labute approximate surface area is 164 Å². The van der Waals surface area contributed by atoms with Gasteiger partial charge in [0.15, 0.2) is 5.96 Å². The van der Waals surface area contributed by atoms with E-state index in [-0.39, 0.29) is 24.0 Å². The molecule has 0 radical (unpaired) electrons. The van der Waals surface area contributed by atoms with Crippen molar-refractivity contribution in [1.82, 2.24) is 10.6 Å². The van der Waals surface area contributed by atoms with Crippen molar-refractivity contribution >= 4 is 41.5 Å². The van der Waals surface area contributed by atoms with E-state index in [1.165, 1.54) is 0 Å². The fourth-order valence-electron chi connectivity index (χ4n) is 2.12. The molecule has 0 saturated carbocycles. The van der Waals surface area contributed by atoms with E-state index in [2.05, 4.69) is 15.6 Å². The molecule has 1 aromatic carbocycles. The Hall–Kier alpha value is -1.41. The Kier molecular flexibility index (Phi) is 9.63. The summed E-state index contributed by atoms with van der Waals surface area (Å²) in [6.07, 6.45) is 2.48. The Morgan fingerprint density at radius 3 is 2.79 bits per heavy atom. The number of ether oxygens (including phenoxy) is 1. The zero-order valence-corrected chi connectivity index (χ0v) is 16.9. The number of nitrogens with one attached hydrogen (secondary N) is 2. The lowest BCUT2D eigenvalue weighted by Gasteiger charge is -2.14. The molecule has 7 heteroatoms. The Balaban J connectivity index is 0.00000288. The summed E-state index contributed by atoms with van der Waals surface area (Å²) in [5, 5.41) is 7.19. The molecule has 1 aromatic heterocycles. The number of aliphatic imine (C=N–C) groups is 1. The fraction of sp³-hybridized carbons (Fsp3) is 0.353. The first kappa shape index (κ1) is 20.6. The summed E-state index contributed by atoms with van der Waals surface area (Å²) in [5.74, 6) is 2.47. The molecular formula is C17H23ClIN3O2. The third-order valence-electron chi connectivity index (χ3n) is 3.24. The number of furan rings is 1. The van der Waals surface area contributed by atoms with Crippen LogP contribution in [0.25, 0.3) is 0 Å². The number of hydrogen-bond acceptors (Lipinski definition) is 3. The molecule has 5 nitrogen and oxygen atoms in total. The normalized spacial score (nSPS) is 10.9. The molecule has 2 N–H and O–H groups in total.